The second-order valence-electron chi connectivity index (χ2n) is 0. The van der Waals surface area contributed by atoms with Crippen LogP contribution in [-0.4, -0.2) is 48.9 Å². The Hall–Kier alpha value is 1.82. The van der Waals surface area contributed by atoms with Gasteiger partial charge in [0.15, 0.2) is 0 Å². The molecule has 0 aliphatic heterocycles. The van der Waals surface area contributed by atoms with Crippen molar-refractivity contribution in [1.82, 2.24) is 0 Å². The van der Waals surface area contributed by atoms with E-state index in [2.05, 4.69) is 15.4 Å². The summed E-state index contributed by atoms with van der Waals surface area (Å²) in [5.41, 5.74) is 0. The Morgan fingerprint density at radius 3 is 1.25 bits per heavy atom. The van der Waals surface area contributed by atoms with E-state index in [0.717, 1.165) is 0 Å². The molecule has 0 aromatic heterocycles. The maximum atomic E-state index is 7.88. The average molecular weight is 228 g/mol. The molecule has 24 valence electrons. The SMILES string of the molecule is [Ba+2].[O-2].[O]=[Ni]. The third-order valence-corrected chi connectivity index (χ3v) is 0. The first-order valence-electron chi connectivity index (χ1n) is 0.129. The van der Waals surface area contributed by atoms with E-state index >= 15 is 0 Å². The Morgan fingerprint density at radius 2 is 1.25 bits per heavy atom. The van der Waals surface area contributed by atoms with E-state index in [1.54, 1.807) is 0 Å². The fourth-order valence-electron chi connectivity index (χ4n) is 0. The Labute approximate surface area is 72.3 Å². The summed E-state index contributed by atoms with van der Waals surface area (Å²) in [4.78, 5) is 0. The van der Waals surface area contributed by atoms with E-state index in [1.807, 2.05) is 0 Å². The summed E-state index contributed by atoms with van der Waals surface area (Å²) < 4.78 is 7.88. The van der Waals surface area contributed by atoms with Gasteiger partial charge in [0.1, 0.15) is 0 Å². The van der Waals surface area contributed by atoms with Gasteiger partial charge in [-0.3, -0.25) is 0 Å². The standard InChI is InChI=1S/Ba.Ni.2O/q+2;;;-2. The predicted molar refractivity (Wildman–Crippen MR) is 7.13 cm³/mol. The Kier molecular flexibility index (Phi) is 90.0. The number of rotatable bonds is 0. The van der Waals surface area contributed by atoms with Crippen LogP contribution in [0.15, 0.2) is 0 Å². The van der Waals surface area contributed by atoms with Gasteiger partial charge in [-0.15, -0.1) is 0 Å². The molecule has 0 radical (unpaired) electrons. The molecule has 0 aromatic rings. The van der Waals surface area contributed by atoms with Crippen LogP contribution in [-0.2, 0) is 24.8 Å². The molecule has 0 amide bonds. The minimum absolute atomic E-state index is 0. The molecular formula is BaNiO2. The van der Waals surface area contributed by atoms with Crippen molar-refractivity contribution in [2.75, 3.05) is 0 Å². The van der Waals surface area contributed by atoms with Crippen molar-refractivity contribution < 1.29 is 24.8 Å². The third-order valence-electron chi connectivity index (χ3n) is 0. The monoisotopic (exact) mass is 228 g/mol. The van der Waals surface area contributed by atoms with Gasteiger partial charge in [-0.25, -0.2) is 0 Å². The molecule has 4 heteroatoms. The molecule has 0 saturated heterocycles. The van der Waals surface area contributed by atoms with Crippen LogP contribution in [0.25, 0.3) is 0 Å². The van der Waals surface area contributed by atoms with Crippen LogP contribution in [0, 0.1) is 0 Å². The van der Waals surface area contributed by atoms with Gasteiger partial charge in [-0.1, -0.05) is 0 Å². The van der Waals surface area contributed by atoms with Crippen molar-refractivity contribution in [2.45, 2.75) is 0 Å². The molecule has 0 rings (SSSR count). The Morgan fingerprint density at radius 1 is 1.25 bits per heavy atom. The van der Waals surface area contributed by atoms with Crippen LogP contribution < -0.4 is 0 Å². The van der Waals surface area contributed by atoms with Gasteiger partial charge in [0, 0.05) is 0 Å². The van der Waals surface area contributed by atoms with Gasteiger partial charge in [-0.2, -0.15) is 0 Å². The van der Waals surface area contributed by atoms with Gasteiger partial charge < -0.3 is 5.48 Å². The zero-order valence-corrected chi connectivity index (χ0v) is 7.27. The van der Waals surface area contributed by atoms with Gasteiger partial charge >= 0.3 is 68.2 Å². The van der Waals surface area contributed by atoms with Crippen LogP contribution in [0.1, 0.15) is 0 Å². The summed E-state index contributed by atoms with van der Waals surface area (Å²) in [5, 5.41) is 0. The van der Waals surface area contributed by atoms with Gasteiger partial charge in [0.2, 0.25) is 0 Å². The maximum absolute atomic E-state index is 7.88. The zero-order chi connectivity index (χ0) is 2.00. The number of hydrogen-bond acceptors (Lipinski definition) is 1. The van der Waals surface area contributed by atoms with Crippen molar-refractivity contribution in [1.29, 1.82) is 0 Å². The molecule has 0 atom stereocenters. The first kappa shape index (κ1) is 17.0. The average Bonchev–Trinajstić information content (AvgIpc) is 1.00. The molecule has 0 saturated carbocycles. The molecule has 4 heavy (non-hydrogen) atoms. The fourth-order valence-corrected chi connectivity index (χ4v) is 0. The molecule has 2 nitrogen and oxygen atoms in total. The van der Waals surface area contributed by atoms with Gasteiger partial charge in [0.05, 0.1) is 0 Å². The van der Waals surface area contributed by atoms with Crippen molar-refractivity contribution in [3.05, 3.63) is 0 Å². The van der Waals surface area contributed by atoms with E-state index in [-0.39, 0.29) is 54.4 Å². The van der Waals surface area contributed by atoms with Crippen LogP contribution in [0.2, 0.25) is 0 Å². The summed E-state index contributed by atoms with van der Waals surface area (Å²) in [5.74, 6) is 0. The molecule has 0 aromatic carbocycles. The molecule has 0 bridgehead atoms. The number of hydrogen-bond donors (Lipinski definition) is 0. The first-order valence-corrected chi connectivity index (χ1v) is 0.532. The molecular weight excluding hydrogens is 228 g/mol. The molecule has 0 aliphatic carbocycles. The summed E-state index contributed by atoms with van der Waals surface area (Å²) >= 11 is 2.62. The van der Waals surface area contributed by atoms with Gasteiger partial charge in [0.25, 0.3) is 0 Å². The third kappa shape index (κ3) is 9.17. The van der Waals surface area contributed by atoms with Crippen molar-refractivity contribution >= 4 is 48.9 Å². The minimum atomic E-state index is 0. The molecule has 0 aliphatic rings. The molecule has 0 N–H and O–H groups in total. The molecule has 0 heterocycles. The summed E-state index contributed by atoms with van der Waals surface area (Å²) in [6, 6.07) is 0. The van der Waals surface area contributed by atoms with Crippen LogP contribution in [0.3, 0.4) is 0 Å². The molecule has 0 unspecified atom stereocenters. The fraction of sp³-hybridized carbons (Fsp3) is 0. The van der Waals surface area contributed by atoms with Crippen molar-refractivity contribution in [2.24, 2.45) is 0 Å². The van der Waals surface area contributed by atoms with Crippen LogP contribution in [0.5, 0.6) is 0 Å². The predicted octanol–water partition coefficient (Wildman–Crippen LogP) is -0.621. The summed E-state index contributed by atoms with van der Waals surface area (Å²) in [6.45, 7) is 0. The normalized spacial score (nSPS) is 1.50. The van der Waals surface area contributed by atoms with E-state index in [1.165, 1.54) is 0 Å². The van der Waals surface area contributed by atoms with Crippen LogP contribution >= 0.6 is 0 Å². The van der Waals surface area contributed by atoms with Crippen LogP contribution in [0.4, 0.5) is 0 Å². The molecule has 0 fully saturated rings. The van der Waals surface area contributed by atoms with E-state index < -0.39 is 0 Å². The van der Waals surface area contributed by atoms with E-state index in [4.69, 9.17) is 3.90 Å². The van der Waals surface area contributed by atoms with Crippen molar-refractivity contribution in [3.63, 3.8) is 0 Å². The van der Waals surface area contributed by atoms with Gasteiger partial charge in [-0.05, 0) is 0 Å². The first-order chi connectivity index (χ1) is 1.00. The second kappa shape index (κ2) is 21.2. The van der Waals surface area contributed by atoms with E-state index in [9.17, 15) is 0 Å². The summed E-state index contributed by atoms with van der Waals surface area (Å²) in [6.07, 6.45) is 0. The Balaban J connectivity index is -0.00000000500. The van der Waals surface area contributed by atoms with E-state index in [0.29, 0.717) is 0 Å². The quantitative estimate of drug-likeness (QED) is 0.509. The van der Waals surface area contributed by atoms with Crippen molar-refractivity contribution in [3.8, 4) is 0 Å². The zero-order valence-electron chi connectivity index (χ0n) is 1.84. The second-order valence-corrected chi connectivity index (χ2v) is 0. The summed E-state index contributed by atoms with van der Waals surface area (Å²) in [7, 11) is 0. The molecule has 0 spiro atoms. The Bertz CT molecular complexity index is 6.00. The topological polar surface area (TPSA) is 45.6 Å².